The molecule has 20 heavy (non-hydrogen) atoms. The third-order valence-electron chi connectivity index (χ3n) is 3.51. The standard InChI is InChI=1S/C13H18N4O3/c18-10(19)13(6-3-1-2-4-7-13)17-12(20)16-11-14-8-5-9-15-11/h5,8-9H,1-4,6-7H2,(H,18,19)(H2,14,15,16,17,20). The molecule has 1 aromatic rings. The van der Waals surface area contributed by atoms with E-state index in [1.807, 2.05) is 0 Å². The molecule has 0 atom stereocenters. The van der Waals surface area contributed by atoms with Crippen LogP contribution in [0.5, 0.6) is 0 Å². The maximum absolute atomic E-state index is 11.9. The Labute approximate surface area is 116 Å². The van der Waals surface area contributed by atoms with Gasteiger partial charge in [0, 0.05) is 12.4 Å². The SMILES string of the molecule is O=C(Nc1ncccn1)NC1(C(=O)O)CCCCCC1. The molecular formula is C13H18N4O3. The van der Waals surface area contributed by atoms with Crippen LogP contribution in [0, 0.1) is 0 Å². The lowest BCUT2D eigenvalue weighted by atomic mass is 9.90. The number of aliphatic carboxylic acids is 1. The largest absolute Gasteiger partial charge is 0.480 e. The minimum atomic E-state index is -1.19. The van der Waals surface area contributed by atoms with Crippen molar-refractivity contribution in [3.05, 3.63) is 18.5 Å². The van der Waals surface area contributed by atoms with Crippen molar-refractivity contribution in [1.82, 2.24) is 15.3 Å². The molecule has 0 aromatic carbocycles. The molecule has 7 nitrogen and oxygen atoms in total. The topological polar surface area (TPSA) is 104 Å². The predicted molar refractivity (Wildman–Crippen MR) is 72.3 cm³/mol. The third kappa shape index (κ3) is 3.43. The lowest BCUT2D eigenvalue weighted by molar-refractivity contribution is -0.145. The maximum Gasteiger partial charge on any atom is 0.329 e. The van der Waals surface area contributed by atoms with Gasteiger partial charge in [0.1, 0.15) is 5.54 Å². The van der Waals surface area contributed by atoms with Crippen molar-refractivity contribution < 1.29 is 14.7 Å². The quantitative estimate of drug-likeness (QED) is 0.731. The number of carboxylic acids is 1. The molecule has 108 valence electrons. The van der Waals surface area contributed by atoms with Crippen molar-refractivity contribution in [2.75, 3.05) is 5.32 Å². The van der Waals surface area contributed by atoms with Gasteiger partial charge in [0.05, 0.1) is 0 Å². The number of nitrogens with zero attached hydrogens (tertiary/aromatic N) is 2. The van der Waals surface area contributed by atoms with Crippen LogP contribution in [0.3, 0.4) is 0 Å². The fraction of sp³-hybridized carbons (Fsp3) is 0.538. The number of carbonyl (C=O) groups excluding carboxylic acids is 1. The number of carboxylic acid groups (broad SMARTS) is 1. The van der Waals surface area contributed by atoms with Gasteiger partial charge in [-0.25, -0.2) is 19.6 Å². The molecule has 2 rings (SSSR count). The van der Waals surface area contributed by atoms with Crippen molar-refractivity contribution in [2.24, 2.45) is 0 Å². The summed E-state index contributed by atoms with van der Waals surface area (Å²) in [6.45, 7) is 0. The van der Waals surface area contributed by atoms with Gasteiger partial charge in [-0.05, 0) is 18.9 Å². The van der Waals surface area contributed by atoms with Crippen LogP contribution in [0.1, 0.15) is 38.5 Å². The summed E-state index contributed by atoms with van der Waals surface area (Å²) in [5.74, 6) is -0.831. The van der Waals surface area contributed by atoms with E-state index >= 15 is 0 Å². The Morgan fingerprint density at radius 2 is 1.70 bits per heavy atom. The molecule has 0 saturated heterocycles. The van der Waals surface area contributed by atoms with Gasteiger partial charge in [-0.3, -0.25) is 5.32 Å². The Bertz CT molecular complexity index is 470. The molecule has 7 heteroatoms. The van der Waals surface area contributed by atoms with E-state index in [4.69, 9.17) is 0 Å². The second-order valence-corrected chi connectivity index (χ2v) is 4.95. The van der Waals surface area contributed by atoms with Crippen molar-refractivity contribution in [3.63, 3.8) is 0 Å². The van der Waals surface area contributed by atoms with Gasteiger partial charge in [-0.15, -0.1) is 0 Å². The Balaban J connectivity index is 2.04. The molecule has 3 N–H and O–H groups in total. The van der Waals surface area contributed by atoms with Crippen molar-refractivity contribution in [1.29, 1.82) is 0 Å². The lowest BCUT2D eigenvalue weighted by Crippen LogP contribution is -2.55. The fourth-order valence-electron chi connectivity index (χ4n) is 2.44. The normalized spacial score (nSPS) is 17.8. The summed E-state index contributed by atoms with van der Waals surface area (Å²) in [5.41, 5.74) is -1.19. The van der Waals surface area contributed by atoms with Crippen LogP contribution >= 0.6 is 0 Å². The smallest absolute Gasteiger partial charge is 0.329 e. The van der Waals surface area contributed by atoms with Gasteiger partial charge in [0.25, 0.3) is 0 Å². The number of anilines is 1. The van der Waals surface area contributed by atoms with E-state index in [-0.39, 0.29) is 5.95 Å². The summed E-state index contributed by atoms with van der Waals surface area (Å²) < 4.78 is 0. The molecule has 2 amide bonds. The van der Waals surface area contributed by atoms with E-state index in [1.54, 1.807) is 6.07 Å². The van der Waals surface area contributed by atoms with Crippen LogP contribution in [0.4, 0.5) is 10.7 Å². The van der Waals surface area contributed by atoms with Gasteiger partial charge >= 0.3 is 12.0 Å². The number of rotatable bonds is 3. The first kappa shape index (κ1) is 14.2. The predicted octanol–water partition coefficient (Wildman–Crippen LogP) is 1.78. The summed E-state index contributed by atoms with van der Waals surface area (Å²) in [5, 5.41) is 14.5. The monoisotopic (exact) mass is 278 g/mol. The maximum atomic E-state index is 11.9. The Morgan fingerprint density at radius 3 is 2.25 bits per heavy atom. The molecule has 1 aliphatic carbocycles. The molecule has 0 radical (unpaired) electrons. The van der Waals surface area contributed by atoms with E-state index in [0.717, 1.165) is 25.7 Å². The molecule has 0 unspecified atom stereocenters. The van der Waals surface area contributed by atoms with Crippen molar-refractivity contribution in [3.8, 4) is 0 Å². The van der Waals surface area contributed by atoms with Gasteiger partial charge in [-0.2, -0.15) is 0 Å². The highest BCUT2D eigenvalue weighted by Gasteiger charge is 2.40. The molecule has 0 bridgehead atoms. The first-order chi connectivity index (χ1) is 9.62. The number of aromatic nitrogens is 2. The van der Waals surface area contributed by atoms with E-state index in [2.05, 4.69) is 20.6 Å². The average molecular weight is 278 g/mol. The van der Waals surface area contributed by atoms with E-state index in [0.29, 0.717) is 12.8 Å². The molecule has 1 aliphatic rings. The molecule has 1 aromatic heterocycles. The fourth-order valence-corrected chi connectivity index (χ4v) is 2.44. The molecule has 1 saturated carbocycles. The number of nitrogens with one attached hydrogen (secondary N) is 2. The summed E-state index contributed by atoms with van der Waals surface area (Å²) in [7, 11) is 0. The highest BCUT2D eigenvalue weighted by atomic mass is 16.4. The second kappa shape index (κ2) is 6.31. The van der Waals surface area contributed by atoms with E-state index in [1.165, 1.54) is 12.4 Å². The Morgan fingerprint density at radius 1 is 1.10 bits per heavy atom. The van der Waals surface area contributed by atoms with Crippen LogP contribution in [0.2, 0.25) is 0 Å². The first-order valence-corrected chi connectivity index (χ1v) is 6.72. The molecular weight excluding hydrogens is 260 g/mol. The van der Waals surface area contributed by atoms with E-state index < -0.39 is 17.5 Å². The first-order valence-electron chi connectivity index (χ1n) is 6.72. The average Bonchev–Trinajstić information content (AvgIpc) is 2.66. The highest BCUT2D eigenvalue weighted by Crippen LogP contribution is 2.27. The molecule has 0 spiro atoms. The van der Waals surface area contributed by atoms with Gasteiger partial charge in [0.2, 0.25) is 5.95 Å². The molecule has 0 aliphatic heterocycles. The van der Waals surface area contributed by atoms with Crippen LogP contribution in [-0.2, 0) is 4.79 Å². The minimum Gasteiger partial charge on any atom is -0.480 e. The summed E-state index contributed by atoms with van der Waals surface area (Å²) in [6, 6.07) is 1.05. The number of hydrogen-bond donors (Lipinski definition) is 3. The third-order valence-corrected chi connectivity index (χ3v) is 3.51. The van der Waals surface area contributed by atoms with Gasteiger partial charge < -0.3 is 10.4 Å². The second-order valence-electron chi connectivity index (χ2n) is 4.95. The van der Waals surface area contributed by atoms with Crippen LogP contribution in [-0.4, -0.2) is 32.6 Å². The summed E-state index contributed by atoms with van der Waals surface area (Å²) in [4.78, 5) is 31.2. The van der Waals surface area contributed by atoms with Crippen molar-refractivity contribution in [2.45, 2.75) is 44.1 Å². The number of carbonyl (C=O) groups is 2. The summed E-state index contributed by atoms with van der Waals surface area (Å²) in [6.07, 6.45) is 7.50. The van der Waals surface area contributed by atoms with E-state index in [9.17, 15) is 14.7 Å². The van der Waals surface area contributed by atoms with Gasteiger partial charge in [0.15, 0.2) is 0 Å². The van der Waals surface area contributed by atoms with Gasteiger partial charge in [-0.1, -0.05) is 25.7 Å². The summed E-state index contributed by atoms with van der Waals surface area (Å²) >= 11 is 0. The van der Waals surface area contributed by atoms with Crippen LogP contribution in [0.15, 0.2) is 18.5 Å². The van der Waals surface area contributed by atoms with Crippen LogP contribution < -0.4 is 10.6 Å². The zero-order valence-corrected chi connectivity index (χ0v) is 11.1. The molecule has 1 heterocycles. The molecule has 1 fully saturated rings. The van der Waals surface area contributed by atoms with Crippen LogP contribution in [0.25, 0.3) is 0 Å². The lowest BCUT2D eigenvalue weighted by Gasteiger charge is -2.29. The Hall–Kier alpha value is -2.18. The number of urea groups is 1. The Kier molecular flexibility index (Phi) is 4.49. The number of hydrogen-bond acceptors (Lipinski definition) is 4. The van der Waals surface area contributed by atoms with Crippen molar-refractivity contribution >= 4 is 17.9 Å². The number of amides is 2. The zero-order chi connectivity index (χ0) is 14.4. The minimum absolute atomic E-state index is 0.152. The highest BCUT2D eigenvalue weighted by molar-refractivity contribution is 5.92. The zero-order valence-electron chi connectivity index (χ0n) is 11.1.